The molecule has 8 nitrogen and oxygen atoms in total. The number of carbonyl (C=O) groups is 1. The third-order valence-electron chi connectivity index (χ3n) is 4.56. The van der Waals surface area contributed by atoms with E-state index in [-0.39, 0.29) is 23.2 Å². The number of hydrogen-bond donors (Lipinski definition) is 3. The Kier molecular flexibility index (Phi) is 7.36. The van der Waals surface area contributed by atoms with E-state index in [4.69, 9.17) is 23.2 Å². The molecule has 11 heteroatoms. The summed E-state index contributed by atoms with van der Waals surface area (Å²) in [5.74, 6) is 0.00239. The van der Waals surface area contributed by atoms with E-state index in [0.29, 0.717) is 26.6 Å². The summed E-state index contributed by atoms with van der Waals surface area (Å²) in [5.41, 5.74) is 4.34. The second-order valence-corrected chi connectivity index (χ2v) is 8.77. The maximum Gasteiger partial charge on any atom is 0.250 e. The lowest BCUT2D eigenvalue weighted by molar-refractivity contribution is -0.118. The Balaban J connectivity index is 1.51. The number of phenolic OH excluding ortho intramolecular Hbond substituents is 2. The van der Waals surface area contributed by atoms with Gasteiger partial charge in [0.05, 0.1) is 12.0 Å². The van der Waals surface area contributed by atoms with E-state index in [1.165, 1.54) is 36.2 Å². The van der Waals surface area contributed by atoms with Gasteiger partial charge in [0.25, 0.3) is 5.91 Å². The third-order valence-corrected chi connectivity index (χ3v) is 5.99. The van der Waals surface area contributed by atoms with Gasteiger partial charge in [-0.3, -0.25) is 9.36 Å². The van der Waals surface area contributed by atoms with Gasteiger partial charge in [0, 0.05) is 32.9 Å². The molecular weight excluding hydrogens is 497 g/mol. The molecule has 1 aromatic heterocycles. The fourth-order valence-electron chi connectivity index (χ4n) is 2.95. The van der Waals surface area contributed by atoms with Gasteiger partial charge < -0.3 is 10.2 Å². The van der Waals surface area contributed by atoms with Gasteiger partial charge in [-0.2, -0.15) is 5.10 Å². The summed E-state index contributed by atoms with van der Waals surface area (Å²) in [5, 5.41) is 33.2. The van der Waals surface area contributed by atoms with Crippen LogP contribution in [0.2, 0.25) is 10.0 Å². The minimum absolute atomic E-state index is 0.0191. The first-order chi connectivity index (χ1) is 16.4. The molecule has 3 aromatic carbocycles. The lowest BCUT2D eigenvalue weighted by atomic mass is 10.2. The summed E-state index contributed by atoms with van der Waals surface area (Å²) in [6, 6.07) is 18.5. The average Bonchev–Trinajstić information content (AvgIpc) is 3.24. The van der Waals surface area contributed by atoms with E-state index in [1.807, 2.05) is 28.8 Å². The quantitative estimate of drug-likeness (QED) is 0.184. The predicted octanol–water partition coefficient (Wildman–Crippen LogP) is 4.89. The van der Waals surface area contributed by atoms with Crippen molar-refractivity contribution in [1.29, 1.82) is 0 Å². The van der Waals surface area contributed by atoms with Crippen molar-refractivity contribution in [1.82, 2.24) is 20.2 Å². The number of nitrogens with one attached hydrogen (secondary N) is 1. The van der Waals surface area contributed by atoms with Crippen molar-refractivity contribution >= 4 is 47.1 Å². The molecule has 3 N–H and O–H groups in total. The second-order valence-electron chi connectivity index (χ2n) is 6.95. The number of rotatable bonds is 7. The van der Waals surface area contributed by atoms with Crippen LogP contribution < -0.4 is 5.43 Å². The van der Waals surface area contributed by atoms with E-state index < -0.39 is 0 Å². The summed E-state index contributed by atoms with van der Waals surface area (Å²) in [6.07, 6.45) is 1.28. The second kappa shape index (κ2) is 10.6. The molecule has 4 aromatic rings. The summed E-state index contributed by atoms with van der Waals surface area (Å²) in [4.78, 5) is 12.3. The molecule has 0 aliphatic heterocycles. The minimum Gasteiger partial charge on any atom is -0.508 e. The fraction of sp³-hybridized carbons (Fsp3) is 0.0435. The third kappa shape index (κ3) is 5.69. The fourth-order valence-corrected chi connectivity index (χ4v) is 3.95. The van der Waals surface area contributed by atoms with Crippen molar-refractivity contribution in [2.24, 2.45) is 5.10 Å². The van der Waals surface area contributed by atoms with Crippen LogP contribution in [0.1, 0.15) is 5.56 Å². The highest BCUT2D eigenvalue weighted by molar-refractivity contribution is 7.99. The zero-order valence-electron chi connectivity index (χ0n) is 17.4. The Bertz CT molecular complexity index is 1340. The van der Waals surface area contributed by atoms with Crippen LogP contribution in [0.25, 0.3) is 17.1 Å². The van der Waals surface area contributed by atoms with Gasteiger partial charge in [0.1, 0.15) is 11.5 Å². The normalized spacial score (nSPS) is 11.1. The Labute approximate surface area is 208 Å². The van der Waals surface area contributed by atoms with Crippen LogP contribution >= 0.6 is 35.0 Å². The highest BCUT2D eigenvalue weighted by atomic mass is 35.5. The predicted molar refractivity (Wildman–Crippen MR) is 133 cm³/mol. The van der Waals surface area contributed by atoms with Gasteiger partial charge in [-0.25, -0.2) is 5.43 Å². The molecule has 0 radical (unpaired) electrons. The largest absolute Gasteiger partial charge is 0.508 e. The molecule has 172 valence electrons. The number of aromatic hydroxyl groups is 2. The van der Waals surface area contributed by atoms with Crippen molar-refractivity contribution in [2.75, 3.05) is 5.75 Å². The number of amides is 1. The maximum absolute atomic E-state index is 12.3. The number of thioether (sulfide) groups is 1. The molecule has 0 unspecified atom stereocenters. The Morgan fingerprint density at radius 3 is 2.35 bits per heavy atom. The van der Waals surface area contributed by atoms with Gasteiger partial charge in [-0.05, 0) is 60.7 Å². The Morgan fingerprint density at radius 2 is 1.68 bits per heavy atom. The first kappa shape index (κ1) is 23.6. The van der Waals surface area contributed by atoms with Crippen LogP contribution in [0.5, 0.6) is 11.5 Å². The minimum atomic E-state index is -0.377. The summed E-state index contributed by atoms with van der Waals surface area (Å²) in [6.45, 7) is 0. The van der Waals surface area contributed by atoms with Gasteiger partial charge in [-0.1, -0.05) is 35.0 Å². The molecule has 34 heavy (non-hydrogen) atoms. The topological polar surface area (TPSA) is 113 Å². The molecule has 1 amide bonds. The lowest BCUT2D eigenvalue weighted by Crippen LogP contribution is -2.20. The van der Waals surface area contributed by atoms with Crippen molar-refractivity contribution in [2.45, 2.75) is 5.16 Å². The molecule has 1 heterocycles. The van der Waals surface area contributed by atoms with Crippen molar-refractivity contribution in [3.63, 3.8) is 0 Å². The molecular formula is C23H17Cl2N5O3S. The Hall–Kier alpha value is -3.53. The number of hydrogen-bond acceptors (Lipinski definition) is 7. The van der Waals surface area contributed by atoms with Crippen molar-refractivity contribution < 1.29 is 15.0 Å². The van der Waals surface area contributed by atoms with E-state index in [2.05, 4.69) is 20.7 Å². The number of benzene rings is 3. The van der Waals surface area contributed by atoms with Crippen LogP contribution in [0.15, 0.2) is 77.0 Å². The van der Waals surface area contributed by atoms with Gasteiger partial charge in [-0.15, -0.1) is 10.2 Å². The van der Waals surface area contributed by atoms with Crippen molar-refractivity contribution in [3.05, 3.63) is 82.3 Å². The zero-order chi connectivity index (χ0) is 24.1. The monoisotopic (exact) mass is 513 g/mol. The number of aromatic nitrogens is 3. The van der Waals surface area contributed by atoms with Crippen LogP contribution in [-0.4, -0.2) is 42.9 Å². The van der Waals surface area contributed by atoms with Crippen LogP contribution in [0.3, 0.4) is 0 Å². The highest BCUT2D eigenvalue weighted by Gasteiger charge is 2.17. The lowest BCUT2D eigenvalue weighted by Gasteiger charge is -2.10. The first-order valence-electron chi connectivity index (χ1n) is 9.84. The maximum atomic E-state index is 12.3. The zero-order valence-corrected chi connectivity index (χ0v) is 19.7. The van der Waals surface area contributed by atoms with Gasteiger partial charge >= 0.3 is 0 Å². The first-order valence-corrected chi connectivity index (χ1v) is 11.6. The number of carbonyl (C=O) groups excluding carboxylic acids is 1. The molecule has 0 fully saturated rings. The molecule has 0 spiro atoms. The van der Waals surface area contributed by atoms with Gasteiger partial charge in [0.15, 0.2) is 11.0 Å². The Morgan fingerprint density at radius 1 is 1.00 bits per heavy atom. The molecule has 0 saturated heterocycles. The summed E-state index contributed by atoms with van der Waals surface area (Å²) in [7, 11) is 0. The molecule has 0 bridgehead atoms. The number of hydrazone groups is 1. The highest BCUT2D eigenvalue weighted by Crippen LogP contribution is 2.29. The number of halogens is 2. The van der Waals surface area contributed by atoms with Crippen molar-refractivity contribution in [3.8, 4) is 28.6 Å². The van der Waals surface area contributed by atoms with E-state index in [9.17, 15) is 15.0 Å². The molecule has 0 saturated carbocycles. The standard InChI is InChI=1S/C23H17Cl2N5O3S/c24-16-4-1-14(2-5-16)22-28-29-23(30(22)18-8-6-17(25)7-9-18)34-13-21(33)27-26-12-15-3-10-19(31)11-20(15)32/h1-12,31-32H,13H2,(H,27,33)/b26-12-. The van der Waals surface area contributed by atoms with Crippen LogP contribution in [0, 0.1) is 0 Å². The molecule has 4 rings (SSSR count). The SMILES string of the molecule is O=C(CSc1nnc(-c2ccc(Cl)cc2)n1-c1ccc(Cl)cc1)N/N=C\c1ccc(O)cc1O. The van der Waals surface area contributed by atoms with Crippen LogP contribution in [0.4, 0.5) is 0 Å². The number of phenols is 2. The summed E-state index contributed by atoms with van der Waals surface area (Å²) >= 11 is 13.2. The summed E-state index contributed by atoms with van der Waals surface area (Å²) < 4.78 is 1.83. The smallest absolute Gasteiger partial charge is 0.250 e. The molecule has 0 aliphatic carbocycles. The average molecular weight is 514 g/mol. The van der Waals surface area contributed by atoms with Crippen LogP contribution in [-0.2, 0) is 4.79 Å². The van der Waals surface area contributed by atoms with Gasteiger partial charge in [0.2, 0.25) is 0 Å². The van der Waals surface area contributed by atoms with E-state index in [1.54, 1.807) is 24.3 Å². The molecule has 0 aliphatic rings. The van der Waals surface area contributed by atoms with E-state index >= 15 is 0 Å². The molecule has 0 atom stereocenters. The van der Waals surface area contributed by atoms with E-state index in [0.717, 1.165) is 11.3 Å². The number of nitrogens with zero attached hydrogens (tertiary/aromatic N) is 4.